The van der Waals surface area contributed by atoms with E-state index in [1.807, 2.05) is 13.1 Å². The summed E-state index contributed by atoms with van der Waals surface area (Å²) in [6, 6.07) is 8.95. The fourth-order valence-electron chi connectivity index (χ4n) is 3.45. The topological polar surface area (TPSA) is 77.0 Å². The summed E-state index contributed by atoms with van der Waals surface area (Å²) >= 11 is 0. The minimum atomic E-state index is 0.0602. The average molecular weight is 308 g/mol. The second kappa shape index (κ2) is 5.44. The van der Waals surface area contributed by atoms with E-state index in [1.165, 1.54) is 16.7 Å². The van der Waals surface area contributed by atoms with Crippen molar-refractivity contribution in [3.63, 3.8) is 0 Å². The first-order chi connectivity index (χ1) is 11.2. The Labute approximate surface area is 134 Å². The van der Waals surface area contributed by atoms with Crippen molar-refractivity contribution in [3.8, 4) is 11.1 Å². The van der Waals surface area contributed by atoms with Crippen LogP contribution in [0.1, 0.15) is 16.8 Å². The van der Waals surface area contributed by atoms with E-state index in [1.54, 1.807) is 4.68 Å². The fourth-order valence-corrected chi connectivity index (χ4v) is 3.45. The van der Waals surface area contributed by atoms with Crippen molar-refractivity contribution in [3.05, 3.63) is 47.3 Å². The molecular formula is C18H20N4O. The summed E-state index contributed by atoms with van der Waals surface area (Å²) in [6.07, 6.45) is 3.81. The number of hydrogen-bond donors (Lipinski definition) is 2. The number of aliphatic hydroxyl groups excluding tert-OH is 1. The lowest BCUT2D eigenvalue weighted by Gasteiger charge is -2.06. The molecule has 5 heteroatoms. The van der Waals surface area contributed by atoms with Crippen molar-refractivity contribution in [2.75, 3.05) is 6.61 Å². The predicted octanol–water partition coefficient (Wildman–Crippen LogP) is 1.82. The molecule has 2 heterocycles. The van der Waals surface area contributed by atoms with Gasteiger partial charge in [-0.3, -0.25) is 0 Å². The third-order valence-electron chi connectivity index (χ3n) is 4.59. The van der Waals surface area contributed by atoms with Gasteiger partial charge in [0.1, 0.15) is 0 Å². The summed E-state index contributed by atoms with van der Waals surface area (Å²) in [4.78, 5) is 4.57. The van der Waals surface area contributed by atoms with Crippen LogP contribution in [-0.4, -0.2) is 32.5 Å². The molecule has 3 aromatic rings. The first-order valence-electron chi connectivity index (χ1n) is 7.97. The number of nitrogens with two attached hydrogens (primary N) is 1. The van der Waals surface area contributed by atoms with Crippen molar-refractivity contribution < 1.29 is 5.11 Å². The Hall–Kier alpha value is -2.24. The predicted molar refractivity (Wildman–Crippen MR) is 90.2 cm³/mol. The number of pyridine rings is 1. The molecule has 0 amide bonds. The molecule has 0 bridgehead atoms. The Morgan fingerprint density at radius 2 is 2.04 bits per heavy atom. The number of hydrogen-bond acceptors (Lipinski definition) is 4. The van der Waals surface area contributed by atoms with Gasteiger partial charge in [-0.2, -0.15) is 5.10 Å². The van der Waals surface area contributed by atoms with Crippen LogP contribution < -0.4 is 5.73 Å². The van der Waals surface area contributed by atoms with Crippen molar-refractivity contribution in [1.82, 2.24) is 14.8 Å². The van der Waals surface area contributed by atoms with Crippen molar-refractivity contribution in [1.29, 1.82) is 0 Å². The van der Waals surface area contributed by atoms with Crippen molar-refractivity contribution in [2.24, 2.45) is 5.73 Å². The number of nitrogens with zero attached hydrogens (tertiary/aromatic N) is 3. The highest BCUT2D eigenvalue weighted by Gasteiger charge is 2.18. The molecule has 1 unspecified atom stereocenters. The highest BCUT2D eigenvalue weighted by atomic mass is 16.3. The van der Waals surface area contributed by atoms with E-state index in [0.29, 0.717) is 6.54 Å². The SMILES string of the molecule is Cc1nn(CCO)c2ncc(-c3ccc4c(c3)CC(N)C4)cc12. The zero-order valence-corrected chi connectivity index (χ0v) is 13.2. The molecule has 1 aromatic carbocycles. The molecule has 2 aromatic heterocycles. The highest BCUT2D eigenvalue weighted by Crippen LogP contribution is 2.29. The molecule has 0 saturated heterocycles. The average Bonchev–Trinajstić information content (AvgIpc) is 3.06. The van der Waals surface area contributed by atoms with Crippen LogP contribution in [0.5, 0.6) is 0 Å². The summed E-state index contributed by atoms with van der Waals surface area (Å²) in [5.74, 6) is 0. The highest BCUT2D eigenvalue weighted by molar-refractivity contribution is 5.83. The Bertz CT molecular complexity index is 884. The fraction of sp³-hybridized carbons (Fsp3) is 0.333. The van der Waals surface area contributed by atoms with Crippen LogP contribution in [0.3, 0.4) is 0 Å². The van der Waals surface area contributed by atoms with Gasteiger partial charge in [-0.1, -0.05) is 18.2 Å². The molecule has 118 valence electrons. The first kappa shape index (κ1) is 14.4. The number of benzene rings is 1. The second-order valence-electron chi connectivity index (χ2n) is 6.28. The molecule has 3 N–H and O–H groups in total. The Kier molecular flexibility index (Phi) is 3.39. The second-order valence-corrected chi connectivity index (χ2v) is 6.28. The van der Waals surface area contributed by atoms with Gasteiger partial charge in [0.2, 0.25) is 0 Å². The number of aromatic nitrogens is 3. The van der Waals surface area contributed by atoms with E-state index >= 15 is 0 Å². The molecule has 0 aliphatic heterocycles. The van der Waals surface area contributed by atoms with E-state index in [0.717, 1.165) is 35.1 Å². The maximum absolute atomic E-state index is 9.13. The van der Waals surface area contributed by atoms with Gasteiger partial charge in [-0.05, 0) is 42.5 Å². The van der Waals surface area contributed by atoms with Gasteiger partial charge in [0.05, 0.1) is 18.8 Å². The third-order valence-corrected chi connectivity index (χ3v) is 4.59. The molecule has 1 aliphatic rings. The summed E-state index contributed by atoms with van der Waals surface area (Å²) in [5, 5.41) is 14.6. The van der Waals surface area contributed by atoms with Gasteiger partial charge in [0.15, 0.2) is 5.65 Å². The standard InChI is InChI=1S/C18H20N4O/c1-11-17-9-15(10-20-18(17)22(21-11)4-5-23)12-2-3-13-7-16(19)8-14(13)6-12/h2-3,6,9-10,16,23H,4-5,7-8,19H2,1H3. The molecular weight excluding hydrogens is 288 g/mol. The monoisotopic (exact) mass is 308 g/mol. The van der Waals surface area contributed by atoms with E-state index in [2.05, 4.69) is 34.3 Å². The maximum atomic E-state index is 9.13. The number of rotatable bonds is 3. The minimum Gasteiger partial charge on any atom is -0.394 e. The molecule has 0 spiro atoms. The lowest BCUT2D eigenvalue weighted by Crippen LogP contribution is -2.18. The van der Waals surface area contributed by atoms with Gasteiger partial charge >= 0.3 is 0 Å². The molecule has 5 nitrogen and oxygen atoms in total. The zero-order chi connectivity index (χ0) is 16.0. The van der Waals surface area contributed by atoms with E-state index in [-0.39, 0.29) is 12.6 Å². The molecule has 4 rings (SSSR count). The van der Waals surface area contributed by atoms with E-state index in [9.17, 15) is 0 Å². The Balaban J connectivity index is 1.78. The minimum absolute atomic E-state index is 0.0602. The molecule has 23 heavy (non-hydrogen) atoms. The van der Waals surface area contributed by atoms with Gasteiger partial charge < -0.3 is 10.8 Å². The maximum Gasteiger partial charge on any atom is 0.158 e. The Morgan fingerprint density at radius 1 is 1.22 bits per heavy atom. The summed E-state index contributed by atoms with van der Waals surface area (Å²) in [6.45, 7) is 2.50. The van der Waals surface area contributed by atoms with Gasteiger partial charge in [0, 0.05) is 23.2 Å². The molecule has 0 radical (unpaired) electrons. The van der Waals surface area contributed by atoms with Crippen LogP contribution in [0, 0.1) is 6.92 Å². The number of aliphatic hydroxyl groups is 1. The smallest absolute Gasteiger partial charge is 0.158 e. The molecule has 0 fully saturated rings. The van der Waals surface area contributed by atoms with Crippen molar-refractivity contribution in [2.45, 2.75) is 32.4 Å². The molecule has 1 atom stereocenters. The van der Waals surface area contributed by atoms with Gasteiger partial charge in [0.25, 0.3) is 0 Å². The van der Waals surface area contributed by atoms with E-state index in [4.69, 9.17) is 10.8 Å². The first-order valence-corrected chi connectivity index (χ1v) is 7.97. The summed E-state index contributed by atoms with van der Waals surface area (Å²) in [7, 11) is 0. The number of fused-ring (bicyclic) bond motifs is 2. The van der Waals surface area contributed by atoms with Gasteiger partial charge in [-0.25, -0.2) is 9.67 Å². The normalized spacial score (nSPS) is 16.9. The third kappa shape index (κ3) is 2.42. The molecule has 0 saturated carbocycles. The van der Waals surface area contributed by atoms with Crippen LogP contribution in [0.4, 0.5) is 0 Å². The number of aryl methyl sites for hydroxylation is 1. The summed E-state index contributed by atoms with van der Waals surface area (Å²) in [5.41, 5.74) is 12.8. The zero-order valence-electron chi connectivity index (χ0n) is 13.2. The quantitative estimate of drug-likeness (QED) is 0.774. The van der Waals surface area contributed by atoms with Crippen LogP contribution in [-0.2, 0) is 19.4 Å². The van der Waals surface area contributed by atoms with Crippen LogP contribution in [0.15, 0.2) is 30.5 Å². The van der Waals surface area contributed by atoms with Gasteiger partial charge in [-0.15, -0.1) is 0 Å². The molecule has 1 aliphatic carbocycles. The Morgan fingerprint density at radius 3 is 2.87 bits per heavy atom. The largest absolute Gasteiger partial charge is 0.394 e. The van der Waals surface area contributed by atoms with E-state index < -0.39 is 0 Å². The lowest BCUT2D eigenvalue weighted by molar-refractivity contribution is 0.271. The van der Waals surface area contributed by atoms with Crippen molar-refractivity contribution >= 4 is 11.0 Å². The summed E-state index contributed by atoms with van der Waals surface area (Å²) < 4.78 is 1.76. The van der Waals surface area contributed by atoms with Crippen LogP contribution >= 0.6 is 0 Å². The lowest BCUT2D eigenvalue weighted by atomic mass is 10.0. The van der Waals surface area contributed by atoms with Crippen LogP contribution in [0.25, 0.3) is 22.2 Å². The van der Waals surface area contributed by atoms with Crippen LogP contribution in [0.2, 0.25) is 0 Å².